The molecular weight excluding hydrogens is 544 g/mol. The highest BCUT2D eigenvalue weighted by Crippen LogP contribution is 2.37. The Kier molecular flexibility index (Phi) is 7.42. The summed E-state index contributed by atoms with van der Waals surface area (Å²) in [7, 11) is 1.66. The molecule has 1 N–H and O–H groups in total. The number of ether oxygens (including phenoxy) is 1. The Morgan fingerprint density at radius 3 is 2.13 bits per heavy atom. The summed E-state index contributed by atoms with van der Waals surface area (Å²) in [5.74, 6) is -0.469. The monoisotopic (exact) mass is 570 g/mol. The van der Waals surface area contributed by atoms with Crippen LogP contribution in [0.5, 0.6) is 0 Å². The third-order valence-corrected chi connectivity index (χ3v) is 7.13. The molecule has 1 aliphatic rings. The Hall–Kier alpha value is -4.17. The maximum atomic E-state index is 13.4. The van der Waals surface area contributed by atoms with E-state index in [1.54, 1.807) is 14.0 Å². The molecule has 38 heavy (non-hydrogen) atoms. The number of nitrogens with one attached hydrogen (secondary N) is 1. The molecule has 0 spiro atoms. The molecule has 0 fully saturated rings. The average molecular weight is 571 g/mol. The van der Waals surface area contributed by atoms with Crippen molar-refractivity contribution in [2.45, 2.75) is 19.5 Å². The van der Waals surface area contributed by atoms with Gasteiger partial charge in [-0.15, -0.1) is 0 Å². The maximum absolute atomic E-state index is 13.4. The zero-order chi connectivity index (χ0) is 26.6. The fourth-order valence-electron chi connectivity index (χ4n) is 4.70. The standard InChI is InChI=1S/C30H27BrN4O3/c1-3-38-28(36)24-23(34(2)30(37)33-25(24)20-13-7-4-8-14-20)19-35-27(22-17-11-6-12-18-22)26(32-29(35)31)21-15-9-5-10-16-21/h4-18,25H,3,19H2,1-2H3,(H,33,37)/t25-/m0/s1. The first-order chi connectivity index (χ1) is 18.5. The molecule has 0 bridgehead atoms. The zero-order valence-corrected chi connectivity index (χ0v) is 22.7. The van der Waals surface area contributed by atoms with Gasteiger partial charge in [-0.1, -0.05) is 91.0 Å². The van der Waals surface area contributed by atoms with Crippen LogP contribution in [0.1, 0.15) is 18.5 Å². The Morgan fingerprint density at radius 1 is 0.947 bits per heavy atom. The molecule has 4 aromatic rings. The Bertz CT molecular complexity index is 1480. The van der Waals surface area contributed by atoms with Crippen molar-refractivity contribution >= 4 is 27.9 Å². The summed E-state index contributed by atoms with van der Waals surface area (Å²) in [6.07, 6.45) is 0. The highest BCUT2D eigenvalue weighted by molar-refractivity contribution is 9.10. The number of hydrogen-bond donors (Lipinski definition) is 1. The largest absolute Gasteiger partial charge is 0.463 e. The van der Waals surface area contributed by atoms with Gasteiger partial charge in [-0.05, 0) is 28.4 Å². The number of amides is 2. The molecule has 1 atom stereocenters. The van der Waals surface area contributed by atoms with Gasteiger partial charge >= 0.3 is 12.0 Å². The number of halogens is 1. The van der Waals surface area contributed by atoms with Gasteiger partial charge in [0.15, 0.2) is 4.73 Å². The van der Waals surface area contributed by atoms with Crippen LogP contribution in [0.2, 0.25) is 0 Å². The summed E-state index contributed by atoms with van der Waals surface area (Å²) < 4.78 is 8.07. The van der Waals surface area contributed by atoms with Crippen LogP contribution in [0.4, 0.5) is 4.79 Å². The predicted octanol–water partition coefficient (Wildman–Crippen LogP) is 6.19. The number of hydrogen-bond acceptors (Lipinski definition) is 4. The first kappa shape index (κ1) is 25.5. The van der Waals surface area contributed by atoms with E-state index in [2.05, 4.69) is 21.2 Å². The Morgan fingerprint density at radius 2 is 1.53 bits per heavy atom. The number of aromatic nitrogens is 2. The Balaban J connectivity index is 1.72. The van der Waals surface area contributed by atoms with Gasteiger partial charge in [-0.2, -0.15) is 0 Å². The van der Waals surface area contributed by atoms with Crippen LogP contribution in [-0.2, 0) is 16.1 Å². The van der Waals surface area contributed by atoms with Gasteiger partial charge in [0.1, 0.15) is 0 Å². The van der Waals surface area contributed by atoms with Crippen molar-refractivity contribution in [3.05, 3.63) is 113 Å². The molecule has 2 heterocycles. The molecule has 1 aliphatic heterocycles. The summed E-state index contributed by atoms with van der Waals surface area (Å²) in [4.78, 5) is 32.9. The summed E-state index contributed by atoms with van der Waals surface area (Å²) in [6.45, 7) is 2.20. The van der Waals surface area contributed by atoms with Gasteiger partial charge in [-0.25, -0.2) is 14.6 Å². The molecule has 192 valence electrons. The van der Waals surface area contributed by atoms with Crippen LogP contribution in [0, 0.1) is 0 Å². The summed E-state index contributed by atoms with van der Waals surface area (Å²) in [5.41, 5.74) is 5.32. The molecule has 5 rings (SSSR count). The fourth-order valence-corrected chi connectivity index (χ4v) is 5.18. The van der Waals surface area contributed by atoms with Gasteiger partial charge in [0, 0.05) is 18.2 Å². The van der Waals surface area contributed by atoms with E-state index in [9.17, 15) is 9.59 Å². The minimum atomic E-state index is -0.648. The zero-order valence-electron chi connectivity index (χ0n) is 21.1. The first-order valence-corrected chi connectivity index (χ1v) is 13.1. The van der Waals surface area contributed by atoms with Crippen molar-refractivity contribution in [2.75, 3.05) is 13.7 Å². The van der Waals surface area contributed by atoms with Crippen LogP contribution < -0.4 is 5.32 Å². The fraction of sp³-hybridized carbons (Fsp3) is 0.167. The lowest BCUT2D eigenvalue weighted by molar-refractivity contribution is -0.139. The highest BCUT2D eigenvalue weighted by atomic mass is 79.9. The number of rotatable bonds is 7. The van der Waals surface area contributed by atoms with Crippen molar-refractivity contribution in [2.24, 2.45) is 0 Å². The number of likely N-dealkylation sites (N-methyl/N-ethyl adjacent to an activating group) is 1. The first-order valence-electron chi connectivity index (χ1n) is 12.4. The average Bonchev–Trinajstić information content (AvgIpc) is 3.28. The quantitative estimate of drug-likeness (QED) is 0.269. The lowest BCUT2D eigenvalue weighted by Gasteiger charge is -2.35. The smallest absolute Gasteiger partial charge is 0.338 e. The second-order valence-electron chi connectivity index (χ2n) is 8.83. The molecule has 7 nitrogen and oxygen atoms in total. The van der Waals surface area contributed by atoms with Crippen molar-refractivity contribution in [1.82, 2.24) is 19.8 Å². The van der Waals surface area contributed by atoms with Gasteiger partial charge in [0.25, 0.3) is 0 Å². The molecule has 8 heteroatoms. The maximum Gasteiger partial charge on any atom is 0.338 e. The van der Waals surface area contributed by atoms with Gasteiger partial charge in [0.2, 0.25) is 0 Å². The lowest BCUT2D eigenvalue weighted by Crippen LogP contribution is -2.47. The third kappa shape index (κ3) is 4.87. The molecule has 0 unspecified atom stereocenters. The normalized spacial score (nSPS) is 15.4. The van der Waals surface area contributed by atoms with Crippen LogP contribution >= 0.6 is 15.9 Å². The van der Waals surface area contributed by atoms with Crippen LogP contribution in [0.25, 0.3) is 22.5 Å². The second kappa shape index (κ2) is 11.1. The number of urea groups is 1. The van der Waals surface area contributed by atoms with Gasteiger partial charge in [0.05, 0.1) is 41.9 Å². The summed E-state index contributed by atoms with van der Waals surface area (Å²) >= 11 is 3.67. The third-order valence-electron chi connectivity index (χ3n) is 6.53. The van der Waals surface area contributed by atoms with E-state index in [4.69, 9.17) is 9.72 Å². The van der Waals surface area contributed by atoms with E-state index in [-0.39, 0.29) is 19.2 Å². The van der Waals surface area contributed by atoms with Gasteiger partial charge in [-0.3, -0.25) is 4.90 Å². The van der Waals surface area contributed by atoms with Gasteiger partial charge < -0.3 is 14.6 Å². The van der Waals surface area contributed by atoms with Crippen LogP contribution in [0.15, 0.2) is 107 Å². The minimum absolute atomic E-state index is 0.214. The number of carbonyl (C=O) groups excluding carboxylic acids is 2. The summed E-state index contributed by atoms with van der Waals surface area (Å²) in [5, 5.41) is 2.97. The summed E-state index contributed by atoms with van der Waals surface area (Å²) in [6, 6.07) is 28.4. The van der Waals surface area contributed by atoms with Crippen LogP contribution in [0.3, 0.4) is 0 Å². The number of esters is 1. The Labute approximate surface area is 229 Å². The van der Waals surface area contributed by atoms with E-state index >= 15 is 0 Å². The molecule has 0 radical (unpaired) electrons. The molecule has 2 amide bonds. The molecule has 0 saturated carbocycles. The molecule has 0 aliphatic carbocycles. The van der Waals surface area contributed by atoms with Crippen molar-refractivity contribution in [3.63, 3.8) is 0 Å². The number of benzene rings is 3. The number of carbonyl (C=O) groups is 2. The van der Waals surface area contributed by atoms with E-state index in [0.717, 1.165) is 28.1 Å². The second-order valence-corrected chi connectivity index (χ2v) is 9.54. The van der Waals surface area contributed by atoms with Crippen molar-refractivity contribution in [3.8, 4) is 22.5 Å². The highest BCUT2D eigenvalue weighted by Gasteiger charge is 2.37. The molecule has 1 aromatic heterocycles. The predicted molar refractivity (Wildman–Crippen MR) is 150 cm³/mol. The number of nitrogens with zero attached hydrogens (tertiary/aromatic N) is 3. The number of allylic oxidation sites excluding steroid dienone is 1. The lowest BCUT2D eigenvalue weighted by atomic mass is 9.94. The van der Waals surface area contributed by atoms with Crippen molar-refractivity contribution in [1.29, 1.82) is 0 Å². The van der Waals surface area contributed by atoms with E-state index in [1.807, 2.05) is 95.6 Å². The molecule has 0 saturated heterocycles. The van der Waals surface area contributed by atoms with Crippen LogP contribution in [-0.4, -0.2) is 40.1 Å². The minimum Gasteiger partial charge on any atom is -0.463 e. The SMILES string of the molecule is CCOC(=O)C1=C(Cn2c(Br)nc(-c3ccccc3)c2-c2ccccc2)N(C)C(=O)N[C@H]1c1ccccc1. The van der Waals surface area contributed by atoms with E-state index < -0.39 is 12.0 Å². The van der Waals surface area contributed by atoms with Crippen molar-refractivity contribution < 1.29 is 14.3 Å². The molecule has 3 aromatic carbocycles. The number of imidazole rings is 1. The topological polar surface area (TPSA) is 76.5 Å². The van der Waals surface area contributed by atoms with E-state index in [0.29, 0.717) is 16.0 Å². The molecular formula is C30H27BrN4O3. The van der Waals surface area contributed by atoms with E-state index in [1.165, 1.54) is 4.90 Å².